The Morgan fingerprint density at radius 2 is 1.79 bits per heavy atom. The van der Waals surface area contributed by atoms with Gasteiger partial charge in [-0.1, -0.05) is 12.1 Å². The van der Waals surface area contributed by atoms with Gasteiger partial charge in [-0.3, -0.25) is 14.5 Å². The lowest BCUT2D eigenvalue weighted by atomic mass is 10.1. The number of hydrogen-bond acceptors (Lipinski definition) is 4. The molecule has 1 aromatic heterocycles. The number of nitrogens with zero attached hydrogens (tertiary/aromatic N) is 1. The van der Waals surface area contributed by atoms with E-state index >= 15 is 0 Å². The summed E-state index contributed by atoms with van der Waals surface area (Å²) in [6, 6.07) is 10.8. The normalized spacial score (nSPS) is 13.3. The number of rotatable bonds is 5. The molecule has 2 aromatic carbocycles. The summed E-state index contributed by atoms with van der Waals surface area (Å²) < 4.78 is 18.9. The summed E-state index contributed by atoms with van der Waals surface area (Å²) in [6.45, 7) is 1.96. The van der Waals surface area contributed by atoms with Crippen LogP contribution in [0, 0.1) is 5.82 Å². The van der Waals surface area contributed by atoms with Crippen molar-refractivity contribution in [1.82, 2.24) is 9.88 Å². The Bertz CT molecular complexity index is 1080. The summed E-state index contributed by atoms with van der Waals surface area (Å²) in [6.07, 6.45) is 0.197. The molecule has 0 aliphatic carbocycles. The molecule has 1 aliphatic heterocycles. The number of esters is 1. The summed E-state index contributed by atoms with van der Waals surface area (Å²) in [5.74, 6) is -1.74. The molecule has 142 valence electrons. The van der Waals surface area contributed by atoms with E-state index in [4.69, 9.17) is 4.74 Å². The zero-order chi connectivity index (χ0) is 19.8. The number of aromatic nitrogens is 1. The molecule has 0 atom stereocenters. The highest BCUT2D eigenvalue weighted by molar-refractivity contribution is 6.21. The number of imide groups is 1. The van der Waals surface area contributed by atoms with Gasteiger partial charge in [0.1, 0.15) is 11.5 Å². The van der Waals surface area contributed by atoms with Gasteiger partial charge in [0.2, 0.25) is 0 Å². The predicted molar refractivity (Wildman–Crippen MR) is 99.7 cm³/mol. The Morgan fingerprint density at radius 1 is 1.11 bits per heavy atom. The Hall–Kier alpha value is -3.48. The van der Waals surface area contributed by atoms with Crippen LogP contribution in [0.15, 0.2) is 42.5 Å². The average Bonchev–Trinajstić information content (AvgIpc) is 3.16. The lowest BCUT2D eigenvalue weighted by Crippen LogP contribution is -2.32. The molecule has 7 heteroatoms. The average molecular weight is 380 g/mol. The maximum absolute atomic E-state index is 13.8. The van der Waals surface area contributed by atoms with E-state index in [0.29, 0.717) is 27.6 Å². The number of nitrogens with one attached hydrogen (secondary N) is 1. The summed E-state index contributed by atoms with van der Waals surface area (Å²) in [7, 11) is 0. The van der Waals surface area contributed by atoms with Gasteiger partial charge < -0.3 is 9.72 Å². The van der Waals surface area contributed by atoms with Crippen LogP contribution in [0.4, 0.5) is 4.39 Å². The second kappa shape index (κ2) is 6.92. The Balaban J connectivity index is 1.67. The smallest absolute Gasteiger partial charge is 0.355 e. The first-order chi connectivity index (χ1) is 13.5. The fourth-order valence-corrected chi connectivity index (χ4v) is 3.52. The molecule has 0 saturated heterocycles. The summed E-state index contributed by atoms with van der Waals surface area (Å²) in [4.78, 5) is 41.5. The van der Waals surface area contributed by atoms with Crippen LogP contribution in [0.25, 0.3) is 10.9 Å². The molecule has 0 radical (unpaired) electrons. The van der Waals surface area contributed by atoms with Crippen molar-refractivity contribution in [3.05, 3.63) is 70.7 Å². The molecule has 0 fully saturated rings. The standard InChI is InChI=1S/C21H17FN2O4/c1-2-28-21(27)18-13(16-11-12(22)7-8-17(16)23-18)9-10-24-19(25)14-5-3-4-6-15(14)20(24)26/h3-8,11,23H,2,9-10H2,1H3. The summed E-state index contributed by atoms with van der Waals surface area (Å²) >= 11 is 0. The number of amides is 2. The molecule has 1 aliphatic rings. The first-order valence-corrected chi connectivity index (χ1v) is 8.93. The van der Waals surface area contributed by atoms with E-state index in [1.165, 1.54) is 12.1 Å². The highest BCUT2D eigenvalue weighted by Crippen LogP contribution is 2.27. The molecular weight excluding hydrogens is 363 g/mol. The number of carbonyl (C=O) groups excluding carboxylic acids is 3. The van der Waals surface area contributed by atoms with E-state index < -0.39 is 11.8 Å². The number of benzene rings is 2. The largest absolute Gasteiger partial charge is 0.461 e. The minimum absolute atomic E-state index is 0.0716. The third-order valence-corrected chi connectivity index (χ3v) is 4.81. The molecule has 0 saturated carbocycles. The van der Waals surface area contributed by atoms with E-state index in [0.717, 1.165) is 4.90 Å². The maximum Gasteiger partial charge on any atom is 0.355 e. The molecule has 0 spiro atoms. The monoisotopic (exact) mass is 380 g/mol. The Labute approximate surface area is 159 Å². The molecule has 6 nitrogen and oxygen atoms in total. The molecule has 3 aromatic rings. The third kappa shape index (κ3) is 2.85. The SMILES string of the molecule is CCOC(=O)c1[nH]c2ccc(F)cc2c1CCN1C(=O)c2ccccc2C1=O. The number of carbonyl (C=O) groups is 3. The zero-order valence-corrected chi connectivity index (χ0v) is 15.1. The molecule has 4 rings (SSSR count). The first-order valence-electron chi connectivity index (χ1n) is 8.93. The van der Waals surface area contributed by atoms with Gasteiger partial charge in [-0.15, -0.1) is 0 Å². The molecule has 28 heavy (non-hydrogen) atoms. The zero-order valence-electron chi connectivity index (χ0n) is 15.1. The second-order valence-electron chi connectivity index (χ2n) is 6.45. The van der Waals surface area contributed by atoms with Crippen molar-refractivity contribution in [2.75, 3.05) is 13.2 Å². The quantitative estimate of drug-likeness (QED) is 0.544. The number of ether oxygens (including phenoxy) is 1. The van der Waals surface area contributed by atoms with Crippen LogP contribution in [-0.4, -0.2) is 40.8 Å². The van der Waals surface area contributed by atoms with E-state index in [1.54, 1.807) is 37.3 Å². The number of aromatic amines is 1. The highest BCUT2D eigenvalue weighted by atomic mass is 19.1. The molecule has 1 N–H and O–H groups in total. The number of hydrogen-bond donors (Lipinski definition) is 1. The van der Waals surface area contributed by atoms with E-state index in [1.807, 2.05) is 0 Å². The summed E-state index contributed by atoms with van der Waals surface area (Å²) in [5.41, 5.74) is 2.04. The topological polar surface area (TPSA) is 79.5 Å². The molecule has 0 unspecified atom stereocenters. The Morgan fingerprint density at radius 3 is 2.43 bits per heavy atom. The molecule has 2 amide bonds. The van der Waals surface area contributed by atoms with Gasteiger partial charge in [0, 0.05) is 17.4 Å². The molecule has 2 heterocycles. The van der Waals surface area contributed by atoms with Crippen LogP contribution < -0.4 is 0 Å². The van der Waals surface area contributed by atoms with Gasteiger partial charge in [0.25, 0.3) is 11.8 Å². The minimum atomic E-state index is -0.559. The van der Waals surface area contributed by atoms with Crippen LogP contribution in [0.2, 0.25) is 0 Å². The third-order valence-electron chi connectivity index (χ3n) is 4.81. The van der Waals surface area contributed by atoms with Crippen LogP contribution in [-0.2, 0) is 11.2 Å². The molecule has 0 bridgehead atoms. The van der Waals surface area contributed by atoms with Crippen molar-refractivity contribution < 1.29 is 23.5 Å². The fraction of sp³-hybridized carbons (Fsp3) is 0.190. The van der Waals surface area contributed by atoms with Gasteiger partial charge in [0.05, 0.1) is 17.7 Å². The van der Waals surface area contributed by atoms with Crippen LogP contribution >= 0.6 is 0 Å². The second-order valence-corrected chi connectivity index (χ2v) is 6.45. The van der Waals surface area contributed by atoms with Gasteiger partial charge in [0.15, 0.2) is 0 Å². The number of fused-ring (bicyclic) bond motifs is 2. The van der Waals surface area contributed by atoms with Crippen molar-refractivity contribution in [3.63, 3.8) is 0 Å². The lowest BCUT2D eigenvalue weighted by molar-refractivity contribution is 0.0519. The van der Waals surface area contributed by atoms with E-state index in [9.17, 15) is 18.8 Å². The van der Waals surface area contributed by atoms with Crippen LogP contribution in [0.3, 0.4) is 0 Å². The van der Waals surface area contributed by atoms with E-state index in [2.05, 4.69) is 4.98 Å². The predicted octanol–water partition coefficient (Wildman–Crippen LogP) is 3.32. The van der Waals surface area contributed by atoms with Gasteiger partial charge >= 0.3 is 5.97 Å². The maximum atomic E-state index is 13.8. The number of H-pyrrole nitrogens is 1. The van der Waals surface area contributed by atoms with Crippen molar-refractivity contribution in [3.8, 4) is 0 Å². The summed E-state index contributed by atoms with van der Waals surface area (Å²) in [5, 5.41) is 0.527. The molecular formula is C21H17FN2O4. The van der Waals surface area contributed by atoms with Gasteiger partial charge in [-0.05, 0) is 49.2 Å². The van der Waals surface area contributed by atoms with E-state index in [-0.39, 0.29) is 37.1 Å². The van der Waals surface area contributed by atoms with Gasteiger partial charge in [-0.25, -0.2) is 9.18 Å². The highest BCUT2D eigenvalue weighted by Gasteiger charge is 2.35. The minimum Gasteiger partial charge on any atom is -0.461 e. The van der Waals surface area contributed by atoms with Crippen molar-refractivity contribution >= 4 is 28.7 Å². The van der Waals surface area contributed by atoms with Crippen molar-refractivity contribution in [2.24, 2.45) is 0 Å². The van der Waals surface area contributed by atoms with Crippen molar-refractivity contribution in [2.45, 2.75) is 13.3 Å². The van der Waals surface area contributed by atoms with Crippen LogP contribution in [0.1, 0.15) is 43.7 Å². The Kier molecular flexibility index (Phi) is 4.43. The van der Waals surface area contributed by atoms with Crippen molar-refractivity contribution in [1.29, 1.82) is 0 Å². The fourth-order valence-electron chi connectivity index (χ4n) is 3.52. The van der Waals surface area contributed by atoms with Crippen LogP contribution in [0.5, 0.6) is 0 Å². The number of halogens is 1. The first kappa shape index (κ1) is 17.9. The van der Waals surface area contributed by atoms with Gasteiger partial charge in [-0.2, -0.15) is 0 Å². The lowest BCUT2D eigenvalue weighted by Gasteiger charge is -2.14.